The number of rotatable bonds is 22. The molecule has 0 bridgehead atoms. The highest BCUT2D eigenvalue weighted by Gasteiger charge is 2.32. The summed E-state index contributed by atoms with van der Waals surface area (Å²) in [4.78, 5) is 33.2. The number of carbonyl (C=O) groups is 3. The van der Waals surface area contributed by atoms with Gasteiger partial charge >= 0.3 is 17.9 Å². The number of ether oxygens (including phenoxy) is 6. The van der Waals surface area contributed by atoms with E-state index >= 15 is 0 Å². The fourth-order valence-electron chi connectivity index (χ4n) is 2.35. The minimum atomic E-state index is -1.20. The summed E-state index contributed by atoms with van der Waals surface area (Å²) in [7, 11) is 0. The second-order valence-electron chi connectivity index (χ2n) is 7.67. The van der Waals surface area contributed by atoms with E-state index in [2.05, 4.69) is 19.7 Å². The molecule has 0 heterocycles. The van der Waals surface area contributed by atoms with E-state index in [1.807, 2.05) is 0 Å². The Morgan fingerprint density at radius 2 is 0.889 bits per heavy atom. The summed E-state index contributed by atoms with van der Waals surface area (Å²) in [6.45, 7) is 6.83. The van der Waals surface area contributed by atoms with Crippen molar-refractivity contribution < 1.29 is 63.2 Å². The van der Waals surface area contributed by atoms with Crippen LogP contribution in [-0.2, 0) is 42.8 Å². The second kappa shape index (κ2) is 19.5. The molecule has 206 valence electrons. The molecule has 0 amide bonds. The van der Waals surface area contributed by atoms with Gasteiger partial charge in [0, 0.05) is 18.2 Å². The molecule has 0 aliphatic heterocycles. The quantitative estimate of drug-likeness (QED) is 0.0718. The van der Waals surface area contributed by atoms with Gasteiger partial charge in [-0.1, -0.05) is 19.7 Å². The molecule has 0 aliphatic carbocycles. The summed E-state index contributed by atoms with van der Waals surface area (Å²) < 4.78 is 30.5. The molecule has 0 radical (unpaired) electrons. The second-order valence-corrected chi connectivity index (χ2v) is 7.67. The van der Waals surface area contributed by atoms with Crippen molar-refractivity contribution in [2.75, 3.05) is 66.1 Å². The summed E-state index contributed by atoms with van der Waals surface area (Å²) in [6, 6.07) is 0. The molecule has 0 aromatic carbocycles. The molecule has 0 rings (SSSR count). The van der Waals surface area contributed by atoms with E-state index in [0.29, 0.717) is 0 Å². The minimum Gasteiger partial charge on any atom is -0.460 e. The van der Waals surface area contributed by atoms with E-state index in [0.717, 1.165) is 18.2 Å². The first-order valence-corrected chi connectivity index (χ1v) is 10.9. The fourth-order valence-corrected chi connectivity index (χ4v) is 2.35. The molecule has 36 heavy (non-hydrogen) atoms. The molecule has 13 nitrogen and oxygen atoms in total. The van der Waals surface area contributed by atoms with Crippen LogP contribution in [-0.4, -0.2) is 123 Å². The third-order valence-electron chi connectivity index (χ3n) is 4.24. The lowest BCUT2D eigenvalue weighted by Crippen LogP contribution is -2.43. The van der Waals surface area contributed by atoms with Crippen molar-refractivity contribution in [2.24, 2.45) is 5.41 Å². The zero-order valence-corrected chi connectivity index (χ0v) is 20.1. The molecular formula is C23H36O13. The van der Waals surface area contributed by atoms with E-state index < -0.39 is 48.2 Å². The Kier molecular flexibility index (Phi) is 18.1. The monoisotopic (exact) mass is 520 g/mol. The van der Waals surface area contributed by atoms with Gasteiger partial charge in [-0.15, -0.1) is 0 Å². The average molecular weight is 521 g/mol. The Bertz CT molecular complexity index is 605. The van der Waals surface area contributed by atoms with Gasteiger partial charge in [0.05, 0.1) is 51.7 Å². The van der Waals surface area contributed by atoms with Crippen molar-refractivity contribution in [3.8, 4) is 0 Å². The Balaban J connectivity index is 4.87. The highest BCUT2D eigenvalue weighted by atomic mass is 16.6. The van der Waals surface area contributed by atoms with Crippen molar-refractivity contribution in [3.63, 3.8) is 0 Å². The Morgan fingerprint density at radius 3 is 1.11 bits per heavy atom. The highest BCUT2D eigenvalue weighted by Crippen LogP contribution is 2.20. The van der Waals surface area contributed by atoms with Gasteiger partial charge in [-0.3, -0.25) is 0 Å². The highest BCUT2D eigenvalue weighted by molar-refractivity contribution is 5.81. The van der Waals surface area contributed by atoms with Crippen LogP contribution in [0.4, 0.5) is 0 Å². The van der Waals surface area contributed by atoms with Crippen molar-refractivity contribution in [1.29, 1.82) is 0 Å². The molecule has 0 aromatic heterocycles. The first-order chi connectivity index (χ1) is 17.1. The van der Waals surface area contributed by atoms with Gasteiger partial charge in [-0.2, -0.15) is 0 Å². The van der Waals surface area contributed by atoms with Crippen LogP contribution in [0.25, 0.3) is 0 Å². The van der Waals surface area contributed by atoms with Gasteiger partial charge in [-0.25, -0.2) is 14.4 Å². The first-order valence-electron chi connectivity index (χ1n) is 10.9. The standard InChI is InChI=1S/C23H36O13/c1-4-20(28)34-10-17(25)7-31-14-23(13-24,15-32-8-18(26)11-35-21(29)5-2)16-33-9-19(27)12-36-22(30)6-3/h4-6,17-19,24-27H,1-3,7-16H2. The number of aliphatic hydroxyl groups is 4. The van der Waals surface area contributed by atoms with Gasteiger partial charge in [0.15, 0.2) is 0 Å². The molecule has 3 unspecified atom stereocenters. The van der Waals surface area contributed by atoms with Gasteiger partial charge in [-0.05, 0) is 0 Å². The normalized spacial score (nSPS) is 15.0. The smallest absolute Gasteiger partial charge is 0.330 e. The van der Waals surface area contributed by atoms with Crippen molar-refractivity contribution in [3.05, 3.63) is 38.0 Å². The minimum absolute atomic E-state index is 0.195. The van der Waals surface area contributed by atoms with E-state index in [1.165, 1.54) is 0 Å². The maximum Gasteiger partial charge on any atom is 0.330 e. The number of hydrogen-bond donors (Lipinski definition) is 4. The average Bonchev–Trinajstić information content (AvgIpc) is 2.88. The van der Waals surface area contributed by atoms with Crippen molar-refractivity contribution >= 4 is 17.9 Å². The van der Waals surface area contributed by atoms with Crippen LogP contribution in [0, 0.1) is 5.41 Å². The van der Waals surface area contributed by atoms with Gasteiger partial charge in [0.1, 0.15) is 38.1 Å². The molecule has 13 heteroatoms. The largest absolute Gasteiger partial charge is 0.460 e. The predicted molar refractivity (Wildman–Crippen MR) is 123 cm³/mol. The number of hydrogen-bond acceptors (Lipinski definition) is 13. The number of carbonyl (C=O) groups excluding carboxylic acids is 3. The molecular weight excluding hydrogens is 484 g/mol. The third kappa shape index (κ3) is 16.1. The van der Waals surface area contributed by atoms with Gasteiger partial charge < -0.3 is 48.8 Å². The van der Waals surface area contributed by atoms with Crippen LogP contribution in [0.5, 0.6) is 0 Å². The number of esters is 3. The molecule has 0 saturated carbocycles. The topological polar surface area (TPSA) is 188 Å². The molecule has 0 aromatic rings. The summed E-state index contributed by atoms with van der Waals surface area (Å²) in [5.41, 5.74) is -1.20. The summed E-state index contributed by atoms with van der Waals surface area (Å²) in [5, 5.41) is 39.7. The molecule has 0 aliphatic rings. The molecule has 4 N–H and O–H groups in total. The zero-order valence-electron chi connectivity index (χ0n) is 20.1. The van der Waals surface area contributed by atoms with Gasteiger partial charge in [0.25, 0.3) is 0 Å². The van der Waals surface area contributed by atoms with Crippen LogP contribution in [0.2, 0.25) is 0 Å². The third-order valence-corrected chi connectivity index (χ3v) is 4.24. The zero-order chi connectivity index (χ0) is 27.4. The van der Waals surface area contributed by atoms with E-state index in [-0.39, 0.29) is 59.5 Å². The lowest BCUT2D eigenvalue weighted by molar-refractivity contribution is -0.146. The molecule has 0 saturated heterocycles. The van der Waals surface area contributed by atoms with Crippen molar-refractivity contribution in [2.45, 2.75) is 18.3 Å². The summed E-state index contributed by atoms with van der Waals surface area (Å²) >= 11 is 0. The Morgan fingerprint density at radius 1 is 0.611 bits per heavy atom. The lowest BCUT2D eigenvalue weighted by Gasteiger charge is -2.32. The summed E-state index contributed by atoms with van der Waals surface area (Å²) in [5.74, 6) is -2.14. The van der Waals surface area contributed by atoms with Gasteiger partial charge in [0.2, 0.25) is 0 Å². The lowest BCUT2D eigenvalue weighted by atomic mass is 9.92. The maximum atomic E-state index is 11.1. The summed E-state index contributed by atoms with van der Waals surface area (Å²) in [6.07, 6.45) is -0.644. The molecule has 3 atom stereocenters. The van der Waals surface area contributed by atoms with Crippen LogP contribution < -0.4 is 0 Å². The Labute approximate surface area is 209 Å². The molecule has 0 fully saturated rings. The maximum absolute atomic E-state index is 11.1. The Hall–Kier alpha value is -2.65. The van der Waals surface area contributed by atoms with E-state index in [9.17, 15) is 34.8 Å². The SMILES string of the molecule is C=CC(=O)OCC(O)COCC(CO)(COCC(O)COC(=O)C=C)COCC(O)COC(=O)C=C. The van der Waals surface area contributed by atoms with Crippen LogP contribution in [0.3, 0.4) is 0 Å². The predicted octanol–water partition coefficient (Wildman–Crippen LogP) is -1.71. The molecule has 0 spiro atoms. The van der Waals surface area contributed by atoms with E-state index in [1.54, 1.807) is 0 Å². The van der Waals surface area contributed by atoms with Crippen molar-refractivity contribution in [1.82, 2.24) is 0 Å². The van der Waals surface area contributed by atoms with Crippen LogP contribution in [0.15, 0.2) is 38.0 Å². The van der Waals surface area contributed by atoms with Crippen LogP contribution in [0.1, 0.15) is 0 Å². The number of aliphatic hydroxyl groups excluding tert-OH is 4. The fraction of sp³-hybridized carbons (Fsp3) is 0.609. The van der Waals surface area contributed by atoms with E-state index in [4.69, 9.17) is 28.4 Å². The first kappa shape index (κ1) is 33.4. The van der Waals surface area contributed by atoms with Crippen LogP contribution >= 0.6 is 0 Å².